The van der Waals surface area contributed by atoms with Crippen LogP contribution in [-0.4, -0.2) is 38.6 Å². The third kappa shape index (κ3) is 3.61. The van der Waals surface area contributed by atoms with E-state index in [1.165, 1.54) is 0 Å². The van der Waals surface area contributed by atoms with E-state index in [2.05, 4.69) is 27.4 Å². The summed E-state index contributed by atoms with van der Waals surface area (Å²) in [5.74, 6) is 0.674. The van der Waals surface area contributed by atoms with E-state index < -0.39 is 0 Å². The van der Waals surface area contributed by atoms with Crippen molar-refractivity contribution in [2.24, 2.45) is 7.05 Å². The number of aromatic nitrogens is 5. The molecule has 0 unspecified atom stereocenters. The summed E-state index contributed by atoms with van der Waals surface area (Å²) in [5.41, 5.74) is 3.98. The first-order valence-corrected chi connectivity index (χ1v) is 8.51. The first-order valence-electron chi connectivity index (χ1n) is 8.13. The molecule has 3 rings (SSSR count). The third-order valence-electron chi connectivity index (χ3n) is 3.95. The van der Waals surface area contributed by atoms with Gasteiger partial charge in [-0.2, -0.15) is 10.1 Å². The lowest BCUT2D eigenvalue weighted by atomic mass is 10.2. The molecule has 0 radical (unpaired) electrons. The Balaban J connectivity index is 1.78. The Kier molecular flexibility index (Phi) is 4.94. The fraction of sp³-hybridized carbons (Fsp3) is 0.353. The Hall–Kier alpha value is -2.54. The first-order chi connectivity index (χ1) is 12.0. The number of hydrogen-bond donors (Lipinski definition) is 1. The second kappa shape index (κ2) is 7.14. The zero-order valence-corrected chi connectivity index (χ0v) is 15.6. The number of aryl methyl sites for hydroxylation is 2. The van der Waals surface area contributed by atoms with Crippen LogP contribution in [0.5, 0.6) is 0 Å². The van der Waals surface area contributed by atoms with Crippen LogP contribution in [0.3, 0.4) is 0 Å². The van der Waals surface area contributed by atoms with Gasteiger partial charge in [-0.05, 0) is 24.6 Å². The van der Waals surface area contributed by atoms with Gasteiger partial charge in [0.1, 0.15) is 11.5 Å². The Labute approximate surface area is 152 Å². The van der Waals surface area contributed by atoms with Crippen molar-refractivity contribution in [3.63, 3.8) is 0 Å². The maximum Gasteiger partial charge on any atom is 0.244 e. The maximum absolute atomic E-state index is 6.35. The molecule has 0 fully saturated rings. The number of rotatable bonds is 6. The van der Waals surface area contributed by atoms with Crippen LogP contribution in [0.2, 0.25) is 5.15 Å². The van der Waals surface area contributed by atoms with Crippen LogP contribution in [0.25, 0.3) is 5.69 Å². The van der Waals surface area contributed by atoms with E-state index in [4.69, 9.17) is 11.6 Å². The van der Waals surface area contributed by atoms with Gasteiger partial charge in [0.2, 0.25) is 5.95 Å². The van der Waals surface area contributed by atoms with Crippen LogP contribution in [0.4, 0.5) is 11.6 Å². The quantitative estimate of drug-likeness (QED) is 0.733. The minimum absolute atomic E-state index is 0.625. The summed E-state index contributed by atoms with van der Waals surface area (Å²) in [5, 5.41) is 13.0. The second-order valence-electron chi connectivity index (χ2n) is 5.98. The van der Waals surface area contributed by atoms with Crippen LogP contribution in [-0.2, 0) is 20.0 Å². The molecule has 0 amide bonds. The minimum atomic E-state index is 0.625. The molecule has 0 bridgehead atoms. The molecule has 3 aromatic rings. The molecule has 0 saturated carbocycles. The molecule has 1 aromatic carbocycles. The molecule has 0 atom stereocenters. The summed E-state index contributed by atoms with van der Waals surface area (Å²) in [6, 6.07) is 8.03. The van der Waals surface area contributed by atoms with Crippen molar-refractivity contribution in [3.8, 4) is 5.69 Å². The number of anilines is 2. The van der Waals surface area contributed by atoms with Crippen molar-refractivity contribution in [3.05, 3.63) is 47.0 Å². The van der Waals surface area contributed by atoms with Gasteiger partial charge in [0, 0.05) is 38.9 Å². The van der Waals surface area contributed by atoms with Gasteiger partial charge in [-0.25, -0.2) is 4.68 Å². The lowest BCUT2D eigenvalue weighted by molar-refractivity contribution is 0.747. The molecule has 0 aliphatic rings. The average molecular weight is 360 g/mol. The molecular formula is C17H22ClN7. The molecule has 2 aromatic heterocycles. The van der Waals surface area contributed by atoms with Crippen LogP contribution >= 0.6 is 11.6 Å². The summed E-state index contributed by atoms with van der Waals surface area (Å²) < 4.78 is 3.47. The summed E-state index contributed by atoms with van der Waals surface area (Å²) >= 11 is 6.35. The number of hydrogen-bond acceptors (Lipinski definition) is 5. The van der Waals surface area contributed by atoms with E-state index in [1.54, 1.807) is 15.7 Å². The summed E-state index contributed by atoms with van der Waals surface area (Å²) in [4.78, 5) is 6.15. The van der Waals surface area contributed by atoms with Crippen LogP contribution in [0.1, 0.15) is 18.2 Å². The SMILES string of the molecule is CCc1nn(C)c(Cl)c1CNc1cccc(-n2cnc(N(C)C)n2)c1. The predicted molar refractivity (Wildman–Crippen MR) is 101 cm³/mol. The molecule has 1 N–H and O–H groups in total. The molecule has 0 saturated heterocycles. The van der Waals surface area contributed by atoms with Crippen LogP contribution in [0, 0.1) is 0 Å². The van der Waals surface area contributed by atoms with Crippen molar-refractivity contribution in [2.45, 2.75) is 19.9 Å². The fourth-order valence-corrected chi connectivity index (χ4v) is 2.80. The Morgan fingerprint density at radius 1 is 1.24 bits per heavy atom. The molecule has 25 heavy (non-hydrogen) atoms. The largest absolute Gasteiger partial charge is 0.381 e. The monoisotopic (exact) mass is 359 g/mol. The van der Waals surface area contributed by atoms with Crippen LogP contribution < -0.4 is 10.2 Å². The Bertz CT molecular complexity index is 866. The third-order valence-corrected chi connectivity index (χ3v) is 4.42. The van der Waals surface area contributed by atoms with Crippen molar-refractivity contribution >= 4 is 23.2 Å². The molecule has 0 spiro atoms. The highest BCUT2D eigenvalue weighted by molar-refractivity contribution is 6.30. The molecule has 132 valence electrons. The smallest absolute Gasteiger partial charge is 0.244 e. The molecule has 0 aliphatic carbocycles. The van der Waals surface area contributed by atoms with E-state index in [0.717, 1.165) is 29.1 Å². The van der Waals surface area contributed by atoms with E-state index in [1.807, 2.05) is 50.3 Å². The van der Waals surface area contributed by atoms with E-state index in [0.29, 0.717) is 17.6 Å². The second-order valence-corrected chi connectivity index (χ2v) is 6.34. The predicted octanol–water partition coefficient (Wildman–Crippen LogP) is 2.89. The summed E-state index contributed by atoms with van der Waals surface area (Å²) in [6.45, 7) is 2.70. The lowest BCUT2D eigenvalue weighted by Gasteiger charge is -2.09. The minimum Gasteiger partial charge on any atom is -0.381 e. The number of benzene rings is 1. The van der Waals surface area contributed by atoms with E-state index >= 15 is 0 Å². The van der Waals surface area contributed by atoms with E-state index in [9.17, 15) is 0 Å². The average Bonchev–Trinajstić information content (AvgIpc) is 3.20. The van der Waals surface area contributed by atoms with Crippen molar-refractivity contribution in [1.82, 2.24) is 24.5 Å². The van der Waals surface area contributed by atoms with Gasteiger partial charge in [-0.1, -0.05) is 24.6 Å². The molecule has 0 aliphatic heterocycles. The van der Waals surface area contributed by atoms with Gasteiger partial charge in [-0.15, -0.1) is 5.10 Å². The summed E-state index contributed by atoms with van der Waals surface area (Å²) in [6.07, 6.45) is 2.56. The number of nitrogens with zero attached hydrogens (tertiary/aromatic N) is 6. The van der Waals surface area contributed by atoms with Crippen molar-refractivity contribution in [1.29, 1.82) is 0 Å². The zero-order chi connectivity index (χ0) is 18.0. The first kappa shape index (κ1) is 17.3. The highest BCUT2D eigenvalue weighted by atomic mass is 35.5. The Morgan fingerprint density at radius 3 is 2.72 bits per heavy atom. The molecular weight excluding hydrogens is 338 g/mol. The maximum atomic E-state index is 6.35. The fourth-order valence-electron chi connectivity index (χ4n) is 2.59. The zero-order valence-electron chi connectivity index (χ0n) is 14.9. The number of halogens is 1. The number of nitrogens with one attached hydrogen (secondary N) is 1. The van der Waals surface area contributed by atoms with Crippen molar-refractivity contribution in [2.75, 3.05) is 24.3 Å². The van der Waals surface area contributed by atoms with Crippen LogP contribution in [0.15, 0.2) is 30.6 Å². The topological polar surface area (TPSA) is 63.8 Å². The van der Waals surface area contributed by atoms with Gasteiger partial charge in [0.15, 0.2) is 0 Å². The summed E-state index contributed by atoms with van der Waals surface area (Å²) in [7, 11) is 5.69. The Morgan fingerprint density at radius 2 is 2.04 bits per heavy atom. The van der Waals surface area contributed by atoms with Gasteiger partial charge in [0.05, 0.1) is 11.4 Å². The van der Waals surface area contributed by atoms with Gasteiger partial charge >= 0.3 is 0 Å². The highest BCUT2D eigenvalue weighted by Gasteiger charge is 2.13. The van der Waals surface area contributed by atoms with Crippen molar-refractivity contribution < 1.29 is 0 Å². The standard InChI is InChI=1S/C17H22ClN7/c1-5-15-14(16(18)24(4)21-15)10-19-12-7-6-8-13(9-12)25-11-20-17(22-25)23(2)3/h6-9,11,19H,5,10H2,1-4H3. The van der Waals surface area contributed by atoms with Gasteiger partial charge < -0.3 is 10.2 Å². The van der Waals surface area contributed by atoms with E-state index in [-0.39, 0.29) is 0 Å². The van der Waals surface area contributed by atoms with Gasteiger partial charge in [0.25, 0.3) is 0 Å². The van der Waals surface area contributed by atoms with Gasteiger partial charge in [-0.3, -0.25) is 4.68 Å². The lowest BCUT2D eigenvalue weighted by Crippen LogP contribution is -2.11. The normalized spacial score (nSPS) is 10.9. The molecule has 8 heteroatoms. The molecule has 2 heterocycles. The highest BCUT2D eigenvalue weighted by Crippen LogP contribution is 2.22. The molecule has 7 nitrogen and oxygen atoms in total.